The van der Waals surface area contributed by atoms with E-state index >= 15 is 0 Å². The van der Waals surface area contributed by atoms with Crippen LogP contribution in [0.5, 0.6) is 0 Å². The predicted molar refractivity (Wildman–Crippen MR) is 102 cm³/mol. The summed E-state index contributed by atoms with van der Waals surface area (Å²) in [5, 5.41) is 9.06. The molecule has 140 valence electrons. The van der Waals surface area contributed by atoms with Gasteiger partial charge >= 0.3 is 0 Å². The Balaban J connectivity index is 0.00000243. The summed E-state index contributed by atoms with van der Waals surface area (Å²) in [6.45, 7) is 4.17. The lowest BCUT2D eigenvalue weighted by molar-refractivity contribution is -0.131. The van der Waals surface area contributed by atoms with Crippen molar-refractivity contribution < 1.29 is 14.0 Å². The van der Waals surface area contributed by atoms with Crippen LogP contribution in [-0.4, -0.2) is 24.9 Å². The minimum atomic E-state index is -0.338. The summed E-state index contributed by atoms with van der Waals surface area (Å²) < 4.78 is 5.06. The summed E-state index contributed by atoms with van der Waals surface area (Å²) in [7, 11) is 0. The van der Waals surface area contributed by atoms with E-state index in [4.69, 9.17) is 4.42 Å². The van der Waals surface area contributed by atoms with Gasteiger partial charge in [-0.25, -0.2) is 0 Å². The van der Waals surface area contributed by atoms with E-state index in [1.807, 2.05) is 31.2 Å². The van der Waals surface area contributed by atoms with Crippen molar-refractivity contribution in [1.82, 2.24) is 10.6 Å². The summed E-state index contributed by atoms with van der Waals surface area (Å²) in [4.78, 5) is 24.3. The minimum Gasteiger partial charge on any atom is -0.459 e. The molecule has 7 heteroatoms. The maximum Gasteiger partial charge on any atom is 0.291 e. The molecule has 1 aliphatic rings. The number of carbonyl (C=O) groups excluding carboxylic acids is 2. The van der Waals surface area contributed by atoms with Gasteiger partial charge < -0.3 is 20.4 Å². The smallest absolute Gasteiger partial charge is 0.291 e. The topological polar surface area (TPSA) is 83.4 Å². The molecule has 3 rings (SSSR count). The SMILES string of the molecule is CC1(C(=O)NCc2ccc(NC(=O)c3ccco3)cc2)CCCNC1.Cl. The van der Waals surface area contributed by atoms with Crippen LogP contribution in [0.2, 0.25) is 0 Å². The van der Waals surface area contributed by atoms with Gasteiger partial charge in [-0.15, -0.1) is 12.4 Å². The molecule has 2 amide bonds. The molecular weight excluding hydrogens is 354 g/mol. The number of halogens is 1. The first-order chi connectivity index (χ1) is 12.1. The van der Waals surface area contributed by atoms with E-state index < -0.39 is 0 Å². The van der Waals surface area contributed by atoms with Crippen molar-refractivity contribution in [3.63, 3.8) is 0 Å². The summed E-state index contributed by atoms with van der Waals surface area (Å²) in [6.07, 6.45) is 3.39. The summed E-state index contributed by atoms with van der Waals surface area (Å²) in [6, 6.07) is 10.7. The second-order valence-electron chi connectivity index (χ2n) is 6.65. The molecule has 1 atom stereocenters. The summed E-state index contributed by atoms with van der Waals surface area (Å²) >= 11 is 0. The lowest BCUT2D eigenvalue weighted by atomic mass is 9.82. The highest BCUT2D eigenvalue weighted by Crippen LogP contribution is 2.25. The number of piperidine rings is 1. The minimum absolute atomic E-state index is 0. The molecule has 6 nitrogen and oxygen atoms in total. The van der Waals surface area contributed by atoms with Gasteiger partial charge in [0.1, 0.15) is 0 Å². The van der Waals surface area contributed by atoms with Gasteiger partial charge in [0, 0.05) is 18.8 Å². The zero-order valence-electron chi connectivity index (χ0n) is 14.7. The molecule has 1 aromatic carbocycles. The highest BCUT2D eigenvalue weighted by molar-refractivity contribution is 6.02. The van der Waals surface area contributed by atoms with Crippen LogP contribution in [0.3, 0.4) is 0 Å². The normalized spacial score (nSPS) is 19.3. The zero-order valence-corrected chi connectivity index (χ0v) is 15.5. The first-order valence-electron chi connectivity index (χ1n) is 8.50. The van der Waals surface area contributed by atoms with E-state index in [0.717, 1.165) is 31.5 Å². The molecular formula is C19H24ClN3O3. The fourth-order valence-electron chi connectivity index (χ4n) is 2.95. The van der Waals surface area contributed by atoms with E-state index in [1.54, 1.807) is 12.1 Å². The largest absolute Gasteiger partial charge is 0.459 e. The molecule has 3 N–H and O–H groups in total. The van der Waals surface area contributed by atoms with E-state index in [0.29, 0.717) is 12.2 Å². The average Bonchev–Trinajstić information content (AvgIpc) is 3.16. The van der Waals surface area contributed by atoms with Crippen molar-refractivity contribution in [3.05, 3.63) is 54.0 Å². The van der Waals surface area contributed by atoms with Crippen molar-refractivity contribution in [2.75, 3.05) is 18.4 Å². The number of amides is 2. The zero-order chi connectivity index (χ0) is 17.7. The number of hydrogen-bond donors (Lipinski definition) is 3. The number of anilines is 1. The summed E-state index contributed by atoms with van der Waals surface area (Å²) in [5.74, 6) is 0.0596. The lowest BCUT2D eigenvalue weighted by Crippen LogP contribution is -2.48. The van der Waals surface area contributed by atoms with Gasteiger partial charge in [0.05, 0.1) is 11.7 Å². The highest BCUT2D eigenvalue weighted by atomic mass is 35.5. The van der Waals surface area contributed by atoms with Crippen molar-refractivity contribution in [1.29, 1.82) is 0 Å². The van der Waals surface area contributed by atoms with Crippen LogP contribution < -0.4 is 16.0 Å². The second-order valence-corrected chi connectivity index (χ2v) is 6.65. The number of furan rings is 1. The Morgan fingerprint density at radius 1 is 1.23 bits per heavy atom. The molecule has 2 heterocycles. The van der Waals surface area contributed by atoms with Crippen LogP contribution in [0.4, 0.5) is 5.69 Å². The fraction of sp³-hybridized carbons (Fsp3) is 0.368. The van der Waals surface area contributed by atoms with E-state index in [9.17, 15) is 9.59 Å². The van der Waals surface area contributed by atoms with Crippen LogP contribution in [0.1, 0.15) is 35.9 Å². The Morgan fingerprint density at radius 2 is 2.00 bits per heavy atom. The van der Waals surface area contributed by atoms with Crippen LogP contribution in [0.15, 0.2) is 47.1 Å². The van der Waals surface area contributed by atoms with E-state index in [2.05, 4.69) is 16.0 Å². The molecule has 2 aromatic rings. The third kappa shape index (κ3) is 4.86. The Morgan fingerprint density at radius 3 is 2.62 bits per heavy atom. The first kappa shape index (κ1) is 20.0. The second kappa shape index (κ2) is 8.87. The molecule has 0 aliphatic carbocycles. The van der Waals surface area contributed by atoms with Crippen LogP contribution >= 0.6 is 12.4 Å². The molecule has 1 fully saturated rings. The molecule has 0 saturated carbocycles. The highest BCUT2D eigenvalue weighted by Gasteiger charge is 2.34. The van der Waals surface area contributed by atoms with Crippen LogP contribution in [-0.2, 0) is 11.3 Å². The molecule has 1 unspecified atom stereocenters. The average molecular weight is 378 g/mol. The maximum atomic E-state index is 12.4. The van der Waals surface area contributed by atoms with Gasteiger partial charge in [0.2, 0.25) is 5.91 Å². The van der Waals surface area contributed by atoms with Gasteiger partial charge in [-0.2, -0.15) is 0 Å². The number of hydrogen-bond acceptors (Lipinski definition) is 4. The van der Waals surface area contributed by atoms with Crippen molar-refractivity contribution in [2.24, 2.45) is 5.41 Å². The van der Waals surface area contributed by atoms with Gasteiger partial charge in [0.25, 0.3) is 5.91 Å². The quantitative estimate of drug-likeness (QED) is 0.748. The molecule has 0 radical (unpaired) electrons. The number of benzene rings is 1. The van der Waals surface area contributed by atoms with E-state index in [-0.39, 0.29) is 35.4 Å². The first-order valence-corrected chi connectivity index (χ1v) is 8.50. The standard InChI is InChI=1S/C19H23N3O3.ClH/c1-19(9-3-10-20-13-19)18(24)21-12-14-5-7-15(8-6-14)22-17(23)16-4-2-11-25-16;/h2,4-8,11,20H,3,9-10,12-13H2,1H3,(H,21,24)(H,22,23);1H. The number of nitrogens with one attached hydrogen (secondary N) is 3. The Bertz CT molecular complexity index is 723. The molecule has 1 aliphatic heterocycles. The number of carbonyl (C=O) groups is 2. The third-order valence-corrected chi connectivity index (χ3v) is 4.56. The van der Waals surface area contributed by atoms with Crippen molar-refractivity contribution in [3.8, 4) is 0 Å². The molecule has 1 saturated heterocycles. The maximum absolute atomic E-state index is 12.4. The third-order valence-electron chi connectivity index (χ3n) is 4.56. The monoisotopic (exact) mass is 377 g/mol. The van der Waals surface area contributed by atoms with Gasteiger partial charge in [0.15, 0.2) is 5.76 Å². The Hall–Kier alpha value is -2.31. The van der Waals surface area contributed by atoms with E-state index in [1.165, 1.54) is 6.26 Å². The summed E-state index contributed by atoms with van der Waals surface area (Å²) in [5.41, 5.74) is 1.33. The predicted octanol–water partition coefficient (Wildman–Crippen LogP) is 2.96. The molecule has 26 heavy (non-hydrogen) atoms. The van der Waals surface area contributed by atoms with Gasteiger partial charge in [-0.1, -0.05) is 12.1 Å². The van der Waals surface area contributed by atoms with Crippen molar-refractivity contribution in [2.45, 2.75) is 26.3 Å². The Kier molecular flexibility index (Phi) is 6.83. The molecule has 0 bridgehead atoms. The molecule has 1 aromatic heterocycles. The van der Waals surface area contributed by atoms with Crippen molar-refractivity contribution >= 4 is 29.9 Å². The van der Waals surface area contributed by atoms with Gasteiger partial charge in [-0.05, 0) is 56.1 Å². The fourth-order valence-corrected chi connectivity index (χ4v) is 2.95. The number of rotatable bonds is 5. The Labute approximate surface area is 159 Å². The van der Waals surface area contributed by atoms with Crippen LogP contribution in [0.25, 0.3) is 0 Å². The van der Waals surface area contributed by atoms with Gasteiger partial charge in [-0.3, -0.25) is 9.59 Å². The van der Waals surface area contributed by atoms with Crippen LogP contribution in [0, 0.1) is 5.41 Å². The lowest BCUT2D eigenvalue weighted by Gasteiger charge is -2.32. The molecule has 0 spiro atoms.